The first-order valence-corrected chi connectivity index (χ1v) is 6.84. The standard InChI is InChI=1S/C12H9N5O3S/c1-20-11-4-9(2-3-12(11)21(16,18)19)17-10(7-15)8(5-13)6-14/h2-4,17H,1H3,(H2,16,18,19). The zero-order valence-electron chi connectivity index (χ0n) is 10.8. The first-order valence-electron chi connectivity index (χ1n) is 5.29. The summed E-state index contributed by atoms with van der Waals surface area (Å²) in [5, 5.41) is 33.9. The third kappa shape index (κ3) is 3.71. The fourth-order valence-corrected chi connectivity index (χ4v) is 2.09. The van der Waals surface area contributed by atoms with Crippen LogP contribution in [-0.2, 0) is 10.0 Å². The summed E-state index contributed by atoms with van der Waals surface area (Å²) in [5.41, 5.74) is -0.392. The molecule has 0 fully saturated rings. The van der Waals surface area contributed by atoms with Gasteiger partial charge in [0.15, 0.2) is 5.57 Å². The summed E-state index contributed by atoms with van der Waals surface area (Å²) in [4.78, 5) is -0.223. The van der Waals surface area contributed by atoms with Gasteiger partial charge in [-0.2, -0.15) is 15.8 Å². The van der Waals surface area contributed by atoms with Gasteiger partial charge in [-0.05, 0) is 12.1 Å². The lowest BCUT2D eigenvalue weighted by molar-refractivity contribution is 0.403. The molecular weight excluding hydrogens is 294 g/mol. The number of hydrogen-bond donors (Lipinski definition) is 2. The topological polar surface area (TPSA) is 153 Å². The SMILES string of the molecule is COc1cc(NC(C#N)=C(C#N)C#N)ccc1S(N)(=O)=O. The molecular formula is C12H9N5O3S. The monoisotopic (exact) mass is 303 g/mol. The average Bonchev–Trinajstić information content (AvgIpc) is 2.45. The van der Waals surface area contributed by atoms with Gasteiger partial charge >= 0.3 is 0 Å². The second-order valence-electron chi connectivity index (χ2n) is 3.62. The lowest BCUT2D eigenvalue weighted by Crippen LogP contribution is -2.13. The van der Waals surface area contributed by atoms with Crippen LogP contribution in [-0.4, -0.2) is 15.5 Å². The van der Waals surface area contributed by atoms with Gasteiger partial charge in [0, 0.05) is 11.8 Å². The van der Waals surface area contributed by atoms with Crippen LogP contribution in [0.4, 0.5) is 5.69 Å². The minimum absolute atomic E-state index is 0.0322. The lowest BCUT2D eigenvalue weighted by Gasteiger charge is -2.10. The van der Waals surface area contributed by atoms with Crippen LogP contribution in [0.3, 0.4) is 0 Å². The molecule has 3 N–H and O–H groups in total. The number of anilines is 1. The van der Waals surface area contributed by atoms with Crippen LogP contribution in [0.5, 0.6) is 5.75 Å². The summed E-state index contributed by atoms with van der Waals surface area (Å²) in [5.74, 6) is -0.0322. The highest BCUT2D eigenvalue weighted by Gasteiger charge is 2.16. The number of ether oxygens (including phenoxy) is 1. The third-order valence-electron chi connectivity index (χ3n) is 2.32. The molecule has 0 atom stereocenters. The Bertz CT molecular complexity index is 806. The molecule has 1 aromatic rings. The van der Waals surface area contributed by atoms with Crippen molar-refractivity contribution in [2.24, 2.45) is 5.14 Å². The Morgan fingerprint density at radius 1 is 1.24 bits per heavy atom. The van der Waals surface area contributed by atoms with Gasteiger partial charge in [-0.25, -0.2) is 13.6 Å². The number of hydrogen-bond acceptors (Lipinski definition) is 7. The second-order valence-corrected chi connectivity index (χ2v) is 5.15. The van der Waals surface area contributed by atoms with Gasteiger partial charge in [0.2, 0.25) is 10.0 Å². The molecule has 0 saturated carbocycles. The van der Waals surface area contributed by atoms with E-state index < -0.39 is 15.6 Å². The predicted molar refractivity (Wildman–Crippen MR) is 71.9 cm³/mol. The van der Waals surface area contributed by atoms with Gasteiger partial charge in [-0.3, -0.25) is 0 Å². The van der Waals surface area contributed by atoms with Crippen molar-refractivity contribution in [3.05, 3.63) is 29.5 Å². The predicted octanol–water partition coefficient (Wildman–Crippen LogP) is 0.579. The van der Waals surface area contributed by atoms with Crippen LogP contribution in [0.15, 0.2) is 34.4 Å². The van der Waals surface area contributed by atoms with Crippen LogP contribution in [0.1, 0.15) is 0 Å². The highest BCUT2D eigenvalue weighted by Crippen LogP contribution is 2.27. The molecule has 0 amide bonds. The van der Waals surface area contributed by atoms with E-state index in [1.807, 2.05) is 0 Å². The fraction of sp³-hybridized carbons (Fsp3) is 0.0833. The van der Waals surface area contributed by atoms with Crippen molar-refractivity contribution in [1.29, 1.82) is 15.8 Å². The Hall–Kier alpha value is -3.06. The summed E-state index contributed by atoms with van der Waals surface area (Å²) in [6.07, 6.45) is 0. The van der Waals surface area contributed by atoms with Crippen molar-refractivity contribution in [1.82, 2.24) is 0 Å². The highest BCUT2D eigenvalue weighted by molar-refractivity contribution is 7.89. The minimum atomic E-state index is -3.96. The van der Waals surface area contributed by atoms with Crippen molar-refractivity contribution >= 4 is 15.7 Å². The largest absolute Gasteiger partial charge is 0.495 e. The van der Waals surface area contributed by atoms with Gasteiger partial charge in [0.1, 0.15) is 34.5 Å². The maximum Gasteiger partial charge on any atom is 0.241 e. The highest BCUT2D eigenvalue weighted by atomic mass is 32.2. The Balaban J connectivity index is 3.32. The summed E-state index contributed by atoms with van der Waals surface area (Å²) in [7, 11) is -2.70. The molecule has 0 aliphatic heterocycles. The zero-order valence-corrected chi connectivity index (χ0v) is 11.6. The fourth-order valence-electron chi connectivity index (χ4n) is 1.41. The Morgan fingerprint density at radius 2 is 1.86 bits per heavy atom. The summed E-state index contributed by atoms with van der Waals surface area (Å²) < 4.78 is 27.6. The van der Waals surface area contributed by atoms with Crippen LogP contribution in [0.2, 0.25) is 0 Å². The summed E-state index contributed by atoms with van der Waals surface area (Å²) in [6, 6.07) is 8.61. The van der Waals surface area contributed by atoms with Crippen molar-refractivity contribution in [2.45, 2.75) is 4.90 Å². The Labute approximate surface area is 121 Å². The molecule has 0 bridgehead atoms. The summed E-state index contributed by atoms with van der Waals surface area (Å²) in [6.45, 7) is 0. The number of allylic oxidation sites excluding steroid dienone is 2. The maximum absolute atomic E-state index is 11.3. The molecule has 8 nitrogen and oxygen atoms in total. The lowest BCUT2D eigenvalue weighted by atomic mass is 10.2. The van der Waals surface area contributed by atoms with Crippen LogP contribution >= 0.6 is 0 Å². The van der Waals surface area contributed by atoms with E-state index >= 15 is 0 Å². The molecule has 1 aromatic carbocycles. The number of nitriles is 3. The smallest absolute Gasteiger partial charge is 0.241 e. The molecule has 0 radical (unpaired) electrons. The normalized spacial score (nSPS) is 9.67. The third-order valence-corrected chi connectivity index (χ3v) is 3.28. The van der Waals surface area contributed by atoms with E-state index in [1.54, 1.807) is 18.2 Å². The minimum Gasteiger partial charge on any atom is -0.495 e. The molecule has 106 valence electrons. The zero-order chi connectivity index (χ0) is 16.0. The number of nitrogens with one attached hydrogen (secondary N) is 1. The van der Waals surface area contributed by atoms with E-state index in [4.69, 9.17) is 25.7 Å². The van der Waals surface area contributed by atoms with Gasteiger partial charge in [-0.15, -0.1) is 0 Å². The number of nitrogens with two attached hydrogens (primary N) is 1. The number of methoxy groups -OCH3 is 1. The molecule has 0 spiro atoms. The van der Waals surface area contributed by atoms with Gasteiger partial charge in [-0.1, -0.05) is 0 Å². The van der Waals surface area contributed by atoms with E-state index in [0.29, 0.717) is 0 Å². The van der Waals surface area contributed by atoms with E-state index in [0.717, 1.165) is 0 Å². The van der Waals surface area contributed by atoms with Crippen LogP contribution in [0, 0.1) is 34.0 Å². The van der Waals surface area contributed by atoms with E-state index in [9.17, 15) is 8.42 Å². The average molecular weight is 303 g/mol. The molecule has 0 aliphatic carbocycles. The Kier molecular flexibility index (Phi) is 4.87. The first-order chi connectivity index (χ1) is 9.87. The van der Waals surface area contributed by atoms with E-state index in [1.165, 1.54) is 25.3 Å². The molecule has 0 unspecified atom stereocenters. The molecule has 0 aromatic heterocycles. The Morgan fingerprint density at radius 3 is 2.29 bits per heavy atom. The molecule has 21 heavy (non-hydrogen) atoms. The van der Waals surface area contributed by atoms with Crippen molar-refractivity contribution in [3.8, 4) is 24.0 Å². The van der Waals surface area contributed by atoms with E-state index in [2.05, 4.69) is 5.32 Å². The number of rotatable bonds is 4. The molecule has 1 rings (SSSR count). The van der Waals surface area contributed by atoms with E-state index in [-0.39, 0.29) is 22.0 Å². The molecule has 0 heterocycles. The number of sulfonamides is 1. The van der Waals surface area contributed by atoms with Crippen molar-refractivity contribution in [3.63, 3.8) is 0 Å². The molecule has 9 heteroatoms. The number of benzene rings is 1. The van der Waals surface area contributed by atoms with Gasteiger partial charge < -0.3 is 10.1 Å². The van der Waals surface area contributed by atoms with Crippen molar-refractivity contribution in [2.75, 3.05) is 12.4 Å². The second kappa shape index (κ2) is 6.40. The molecule has 0 saturated heterocycles. The van der Waals surface area contributed by atoms with Crippen molar-refractivity contribution < 1.29 is 13.2 Å². The quantitative estimate of drug-likeness (QED) is 0.771. The summed E-state index contributed by atoms with van der Waals surface area (Å²) >= 11 is 0. The molecule has 0 aliphatic rings. The first kappa shape index (κ1) is 16.0. The maximum atomic E-state index is 11.3. The van der Waals surface area contributed by atoms with Gasteiger partial charge in [0.25, 0.3) is 0 Å². The number of nitrogens with zero attached hydrogens (tertiary/aromatic N) is 3. The van der Waals surface area contributed by atoms with Crippen LogP contribution in [0.25, 0.3) is 0 Å². The van der Waals surface area contributed by atoms with Gasteiger partial charge in [0.05, 0.1) is 7.11 Å². The number of primary sulfonamides is 1. The van der Waals surface area contributed by atoms with Crippen LogP contribution < -0.4 is 15.2 Å².